The lowest BCUT2D eigenvalue weighted by Crippen LogP contribution is -2.29. The zero-order valence-electron chi connectivity index (χ0n) is 39.3. The molecule has 0 saturated carbocycles. The Balaban J connectivity index is 4.13. The topological polar surface area (TPSA) is 54.0 Å². The maximum atomic E-state index is 9.14. The van der Waals surface area contributed by atoms with Crippen molar-refractivity contribution in [1.29, 1.82) is 0 Å². The molecular formula is C51H104N2O3. The van der Waals surface area contributed by atoms with Crippen LogP contribution in [0.2, 0.25) is 0 Å². The Hall–Kier alpha value is -0.620. The number of hydrogen-bond acceptors (Lipinski definition) is 5. The second-order valence-corrected chi connectivity index (χ2v) is 17.9. The van der Waals surface area contributed by atoms with Gasteiger partial charge in [-0.25, -0.2) is 0 Å². The van der Waals surface area contributed by atoms with Gasteiger partial charge in [0.2, 0.25) is 0 Å². The van der Waals surface area contributed by atoms with Crippen LogP contribution in [0, 0.1) is 17.8 Å². The van der Waals surface area contributed by atoms with Gasteiger partial charge in [0.25, 0.3) is 0 Å². The summed E-state index contributed by atoms with van der Waals surface area (Å²) in [6, 6.07) is 0. The first-order valence-corrected chi connectivity index (χ1v) is 25.4. The fourth-order valence-corrected chi connectivity index (χ4v) is 8.41. The standard InChI is InChI=1S/C51H104N2O3/c1-7-12-23-33-49(34-24-13-8-2)38-44-55-46-48(6)32-27-19-16-17-21-29-41-53(43-31-40-52-47-54)42-30-22-18-20-28-37-51(11-5)56-45-39-50(35-25-14-9-3)36-26-15-10-4/h11,48-50,52,54H,7-10,12-47H2,1-6H3/b51-11+. The molecule has 0 spiro atoms. The lowest BCUT2D eigenvalue weighted by atomic mass is 9.92. The minimum absolute atomic E-state index is 0.0865. The summed E-state index contributed by atoms with van der Waals surface area (Å²) in [5.74, 6) is 3.64. The molecule has 0 aliphatic carbocycles. The second kappa shape index (κ2) is 45.5. The minimum Gasteiger partial charge on any atom is -0.498 e. The van der Waals surface area contributed by atoms with Crippen molar-refractivity contribution in [3.8, 4) is 0 Å². The molecule has 0 aromatic carbocycles. The molecule has 5 heteroatoms. The van der Waals surface area contributed by atoms with Crippen LogP contribution in [-0.4, -0.2) is 62.7 Å². The molecule has 5 nitrogen and oxygen atoms in total. The Morgan fingerprint density at radius 3 is 1.48 bits per heavy atom. The molecule has 1 atom stereocenters. The molecular weight excluding hydrogens is 689 g/mol. The molecule has 0 fully saturated rings. The maximum Gasteiger partial charge on any atom is 0.0931 e. The summed E-state index contributed by atoms with van der Waals surface area (Å²) >= 11 is 0. The number of rotatable bonds is 47. The zero-order chi connectivity index (χ0) is 41.0. The van der Waals surface area contributed by atoms with Crippen molar-refractivity contribution in [2.75, 3.05) is 52.7 Å². The average molecular weight is 793 g/mol. The van der Waals surface area contributed by atoms with E-state index >= 15 is 0 Å². The van der Waals surface area contributed by atoms with Crippen LogP contribution < -0.4 is 5.32 Å². The van der Waals surface area contributed by atoms with Gasteiger partial charge in [-0.15, -0.1) is 0 Å². The molecule has 56 heavy (non-hydrogen) atoms. The number of ether oxygens (including phenoxy) is 2. The number of unbranched alkanes of at least 4 members (excludes halogenated alkanes) is 17. The lowest BCUT2D eigenvalue weighted by molar-refractivity contribution is 0.0875. The van der Waals surface area contributed by atoms with Gasteiger partial charge in [-0.1, -0.05) is 189 Å². The molecule has 0 bridgehead atoms. The SMILES string of the molecule is C/C=C(\CCCCCCCN(CCCCCCCCC(C)COCCC(CCCCC)CCCCC)CCCNCO)OCCC(CCCCC)CCCCC. The summed E-state index contributed by atoms with van der Waals surface area (Å²) in [6.07, 6.45) is 44.9. The number of allylic oxidation sites excluding steroid dienone is 2. The van der Waals surface area contributed by atoms with E-state index in [-0.39, 0.29) is 6.73 Å². The predicted molar refractivity (Wildman–Crippen MR) is 249 cm³/mol. The largest absolute Gasteiger partial charge is 0.498 e. The fourth-order valence-electron chi connectivity index (χ4n) is 8.41. The number of aliphatic hydroxyl groups is 1. The minimum atomic E-state index is 0.0865. The van der Waals surface area contributed by atoms with E-state index in [0.29, 0.717) is 5.92 Å². The summed E-state index contributed by atoms with van der Waals surface area (Å²) < 4.78 is 12.5. The van der Waals surface area contributed by atoms with Crippen molar-refractivity contribution >= 4 is 0 Å². The molecule has 0 aromatic rings. The van der Waals surface area contributed by atoms with Crippen molar-refractivity contribution in [2.45, 2.75) is 247 Å². The summed E-state index contributed by atoms with van der Waals surface area (Å²) in [7, 11) is 0. The van der Waals surface area contributed by atoms with Gasteiger partial charge in [0, 0.05) is 19.6 Å². The average Bonchev–Trinajstić information content (AvgIpc) is 3.20. The van der Waals surface area contributed by atoms with E-state index in [4.69, 9.17) is 14.6 Å². The molecule has 0 saturated heterocycles. The van der Waals surface area contributed by atoms with E-state index in [2.05, 4.69) is 57.8 Å². The molecule has 0 aliphatic rings. The van der Waals surface area contributed by atoms with Gasteiger partial charge in [-0.2, -0.15) is 0 Å². The van der Waals surface area contributed by atoms with Crippen LogP contribution in [0.5, 0.6) is 0 Å². The molecule has 0 rings (SSSR count). The van der Waals surface area contributed by atoms with Gasteiger partial charge in [0.1, 0.15) is 0 Å². The number of hydrogen-bond donors (Lipinski definition) is 2. The molecule has 1 unspecified atom stereocenters. The Bertz CT molecular complexity index is 756. The third kappa shape index (κ3) is 38.9. The van der Waals surface area contributed by atoms with E-state index in [1.165, 1.54) is 211 Å². The van der Waals surface area contributed by atoms with Crippen LogP contribution in [0.4, 0.5) is 0 Å². The summed E-state index contributed by atoms with van der Waals surface area (Å²) in [4.78, 5) is 2.70. The Morgan fingerprint density at radius 1 is 0.536 bits per heavy atom. The van der Waals surface area contributed by atoms with Crippen LogP contribution in [0.3, 0.4) is 0 Å². The van der Waals surface area contributed by atoms with Gasteiger partial charge in [-0.05, 0) is 102 Å². The van der Waals surface area contributed by atoms with Crippen LogP contribution in [-0.2, 0) is 9.47 Å². The van der Waals surface area contributed by atoms with Gasteiger partial charge in [0.05, 0.1) is 19.1 Å². The van der Waals surface area contributed by atoms with Crippen LogP contribution in [0.25, 0.3) is 0 Å². The molecule has 0 heterocycles. The van der Waals surface area contributed by atoms with Crippen LogP contribution in [0.1, 0.15) is 247 Å². The van der Waals surface area contributed by atoms with Gasteiger partial charge in [0.15, 0.2) is 0 Å². The van der Waals surface area contributed by atoms with Crippen molar-refractivity contribution in [2.24, 2.45) is 17.8 Å². The summed E-state index contributed by atoms with van der Waals surface area (Å²) in [5, 5.41) is 12.2. The molecule has 0 aliphatic heterocycles. The number of nitrogens with zero attached hydrogens (tertiary/aromatic N) is 1. The first-order chi connectivity index (χ1) is 27.5. The fraction of sp³-hybridized carbons (Fsp3) is 0.961. The van der Waals surface area contributed by atoms with Crippen molar-refractivity contribution in [3.05, 3.63) is 11.8 Å². The second-order valence-electron chi connectivity index (χ2n) is 17.9. The third-order valence-electron chi connectivity index (χ3n) is 12.3. The van der Waals surface area contributed by atoms with Gasteiger partial charge in [-0.3, -0.25) is 5.32 Å². The highest BCUT2D eigenvalue weighted by molar-refractivity contribution is 4.90. The summed E-state index contributed by atoms with van der Waals surface area (Å²) in [6.45, 7) is 21.2. The van der Waals surface area contributed by atoms with E-state index in [1.807, 2.05) is 0 Å². The normalized spacial score (nSPS) is 12.9. The van der Waals surface area contributed by atoms with Crippen molar-refractivity contribution in [1.82, 2.24) is 10.2 Å². The first kappa shape index (κ1) is 55.4. The van der Waals surface area contributed by atoms with Crippen molar-refractivity contribution < 1.29 is 14.6 Å². The van der Waals surface area contributed by atoms with Crippen molar-refractivity contribution in [3.63, 3.8) is 0 Å². The third-order valence-corrected chi connectivity index (χ3v) is 12.3. The Morgan fingerprint density at radius 2 is 0.982 bits per heavy atom. The van der Waals surface area contributed by atoms with Gasteiger partial charge >= 0.3 is 0 Å². The van der Waals surface area contributed by atoms with E-state index in [1.54, 1.807) is 0 Å². The Kier molecular flexibility index (Phi) is 45.0. The molecule has 0 amide bonds. The van der Waals surface area contributed by atoms with E-state index in [9.17, 15) is 0 Å². The first-order valence-electron chi connectivity index (χ1n) is 25.4. The van der Waals surface area contributed by atoms with Crippen LogP contribution >= 0.6 is 0 Å². The van der Waals surface area contributed by atoms with Crippen LogP contribution in [0.15, 0.2) is 11.8 Å². The molecule has 0 radical (unpaired) electrons. The molecule has 0 aromatic heterocycles. The predicted octanol–water partition coefficient (Wildman–Crippen LogP) is 15.2. The zero-order valence-corrected chi connectivity index (χ0v) is 39.3. The van der Waals surface area contributed by atoms with E-state index in [0.717, 1.165) is 57.6 Å². The summed E-state index contributed by atoms with van der Waals surface area (Å²) in [5.41, 5.74) is 0. The smallest absolute Gasteiger partial charge is 0.0931 e. The quantitative estimate of drug-likeness (QED) is 0.0365. The monoisotopic (exact) mass is 793 g/mol. The molecule has 336 valence electrons. The highest BCUT2D eigenvalue weighted by Gasteiger charge is 2.12. The number of aliphatic hydroxyl groups excluding tert-OH is 1. The maximum absolute atomic E-state index is 9.14. The van der Waals surface area contributed by atoms with E-state index < -0.39 is 0 Å². The molecule has 2 N–H and O–H groups in total. The highest BCUT2D eigenvalue weighted by Crippen LogP contribution is 2.23. The lowest BCUT2D eigenvalue weighted by Gasteiger charge is -2.22. The highest BCUT2D eigenvalue weighted by atomic mass is 16.5. The van der Waals surface area contributed by atoms with Gasteiger partial charge < -0.3 is 19.5 Å². The Labute approximate surface area is 353 Å². The number of nitrogens with one attached hydrogen (secondary N) is 1.